The molecule has 6 nitrogen and oxygen atoms in total. The summed E-state index contributed by atoms with van der Waals surface area (Å²) >= 11 is 5.93. The zero-order valence-corrected chi connectivity index (χ0v) is 12.8. The molecule has 0 unspecified atom stereocenters. The van der Waals surface area contributed by atoms with Crippen molar-refractivity contribution < 1.29 is 14.3 Å². The Kier molecular flexibility index (Phi) is 5.06. The Bertz CT molecular complexity index is 726. The van der Waals surface area contributed by atoms with E-state index in [2.05, 4.69) is 0 Å². The molecule has 0 aliphatic carbocycles. The van der Waals surface area contributed by atoms with Gasteiger partial charge in [-0.1, -0.05) is 11.6 Å². The van der Waals surface area contributed by atoms with Crippen LogP contribution < -0.4 is 20.7 Å². The lowest BCUT2D eigenvalue weighted by Gasteiger charge is -2.11. The van der Waals surface area contributed by atoms with Gasteiger partial charge in [-0.25, -0.2) is 0 Å². The molecule has 0 bridgehead atoms. The highest BCUT2D eigenvalue weighted by Crippen LogP contribution is 2.17. The van der Waals surface area contributed by atoms with Crippen molar-refractivity contribution in [2.75, 3.05) is 13.7 Å². The van der Waals surface area contributed by atoms with Crippen LogP contribution in [0.2, 0.25) is 5.02 Å². The Morgan fingerprint density at radius 1 is 1.32 bits per heavy atom. The predicted molar refractivity (Wildman–Crippen MR) is 82.3 cm³/mol. The number of methoxy groups -OCH3 is 1. The van der Waals surface area contributed by atoms with E-state index in [9.17, 15) is 4.79 Å². The maximum Gasteiger partial charge on any atom is 0.252 e. The van der Waals surface area contributed by atoms with Gasteiger partial charge in [0.05, 0.1) is 24.2 Å². The van der Waals surface area contributed by atoms with Crippen LogP contribution >= 0.6 is 11.6 Å². The number of hydrogen-bond acceptors (Lipinski definition) is 4. The second kappa shape index (κ2) is 7.00. The number of primary amides is 1. The number of nitrogens with two attached hydrogens (primary N) is 1. The molecule has 116 valence electrons. The Morgan fingerprint density at radius 3 is 2.55 bits per heavy atom. The van der Waals surface area contributed by atoms with Crippen molar-refractivity contribution in [3.8, 4) is 11.5 Å². The van der Waals surface area contributed by atoms with Gasteiger partial charge in [0.25, 0.3) is 5.91 Å². The SMILES string of the molecule is COc1ccc(OCCn2cc(Cl)cc(C(N)=O)c2=N)cc1. The van der Waals surface area contributed by atoms with Crippen LogP contribution in [0.1, 0.15) is 10.4 Å². The van der Waals surface area contributed by atoms with E-state index in [0.717, 1.165) is 5.75 Å². The fourth-order valence-corrected chi connectivity index (χ4v) is 2.14. The quantitative estimate of drug-likeness (QED) is 0.850. The number of nitrogens with zero attached hydrogens (tertiary/aromatic N) is 1. The largest absolute Gasteiger partial charge is 0.497 e. The molecule has 0 fully saturated rings. The van der Waals surface area contributed by atoms with Gasteiger partial charge in [0.15, 0.2) is 0 Å². The minimum Gasteiger partial charge on any atom is -0.497 e. The van der Waals surface area contributed by atoms with Crippen molar-refractivity contribution in [2.45, 2.75) is 6.54 Å². The summed E-state index contributed by atoms with van der Waals surface area (Å²) in [6.45, 7) is 0.688. The highest BCUT2D eigenvalue weighted by atomic mass is 35.5. The number of pyridine rings is 1. The maximum atomic E-state index is 11.3. The third kappa shape index (κ3) is 3.79. The van der Waals surface area contributed by atoms with Crippen LogP contribution in [0.25, 0.3) is 0 Å². The summed E-state index contributed by atoms with van der Waals surface area (Å²) in [5.41, 5.74) is 5.32. The molecule has 2 aromatic rings. The van der Waals surface area contributed by atoms with E-state index in [1.165, 1.54) is 10.6 Å². The fraction of sp³-hybridized carbons (Fsp3) is 0.200. The Labute approximate surface area is 132 Å². The molecule has 3 N–H and O–H groups in total. The van der Waals surface area contributed by atoms with Gasteiger partial charge in [0.1, 0.15) is 23.6 Å². The summed E-state index contributed by atoms with van der Waals surface area (Å²) in [5, 5.41) is 8.28. The molecular formula is C15H16ClN3O3. The molecule has 0 aliphatic rings. The molecule has 0 saturated heterocycles. The second-order valence-electron chi connectivity index (χ2n) is 4.50. The standard InChI is InChI=1S/C15H16ClN3O3/c1-21-11-2-4-12(5-3-11)22-7-6-19-9-10(16)8-13(14(19)17)15(18)20/h2-5,8-9,17H,6-7H2,1H3,(H2,18,20). The van der Waals surface area contributed by atoms with Crippen molar-refractivity contribution >= 4 is 17.5 Å². The van der Waals surface area contributed by atoms with Crippen molar-refractivity contribution in [3.63, 3.8) is 0 Å². The van der Waals surface area contributed by atoms with E-state index in [0.29, 0.717) is 23.9 Å². The molecule has 1 heterocycles. The number of halogens is 1. The molecule has 0 aliphatic heterocycles. The van der Waals surface area contributed by atoms with Crippen molar-refractivity contribution in [2.24, 2.45) is 5.73 Å². The van der Waals surface area contributed by atoms with E-state index in [4.69, 9.17) is 32.2 Å². The second-order valence-corrected chi connectivity index (χ2v) is 4.94. The van der Waals surface area contributed by atoms with E-state index in [1.54, 1.807) is 37.6 Å². The van der Waals surface area contributed by atoms with Crippen molar-refractivity contribution in [3.05, 3.63) is 52.6 Å². The number of rotatable bonds is 6. The van der Waals surface area contributed by atoms with E-state index in [-0.39, 0.29) is 11.1 Å². The van der Waals surface area contributed by atoms with Gasteiger partial charge in [-0.3, -0.25) is 10.2 Å². The molecule has 0 spiro atoms. The first-order chi connectivity index (χ1) is 10.5. The van der Waals surface area contributed by atoms with E-state index < -0.39 is 5.91 Å². The molecule has 7 heteroatoms. The van der Waals surface area contributed by atoms with Gasteiger partial charge >= 0.3 is 0 Å². The molecule has 2 rings (SSSR count). The highest BCUT2D eigenvalue weighted by molar-refractivity contribution is 6.30. The smallest absolute Gasteiger partial charge is 0.252 e. The zero-order chi connectivity index (χ0) is 16.1. The number of carbonyl (C=O) groups is 1. The first-order valence-electron chi connectivity index (χ1n) is 6.52. The number of hydrogen-bond donors (Lipinski definition) is 2. The van der Waals surface area contributed by atoms with Crippen LogP contribution in [0.3, 0.4) is 0 Å². The average Bonchev–Trinajstić information content (AvgIpc) is 2.50. The normalized spacial score (nSPS) is 10.3. The Balaban J connectivity index is 2.05. The summed E-state index contributed by atoms with van der Waals surface area (Å²) in [6.07, 6.45) is 1.56. The van der Waals surface area contributed by atoms with Crippen LogP contribution in [0.4, 0.5) is 0 Å². The van der Waals surface area contributed by atoms with Gasteiger partial charge in [-0.15, -0.1) is 0 Å². The maximum absolute atomic E-state index is 11.3. The first-order valence-corrected chi connectivity index (χ1v) is 6.90. The lowest BCUT2D eigenvalue weighted by Crippen LogP contribution is -2.30. The monoisotopic (exact) mass is 321 g/mol. The summed E-state index contributed by atoms with van der Waals surface area (Å²) in [6, 6.07) is 8.55. The van der Waals surface area contributed by atoms with Crippen molar-refractivity contribution in [1.82, 2.24) is 4.57 Å². The molecule has 0 atom stereocenters. The summed E-state index contributed by atoms with van der Waals surface area (Å²) in [7, 11) is 1.59. The van der Waals surface area contributed by atoms with Gasteiger partial charge in [0, 0.05) is 6.20 Å². The number of nitrogens with one attached hydrogen (secondary N) is 1. The Morgan fingerprint density at radius 2 is 1.95 bits per heavy atom. The lowest BCUT2D eigenvalue weighted by molar-refractivity contribution is 0.0997. The predicted octanol–water partition coefficient (Wildman–Crippen LogP) is 1.81. The number of aromatic nitrogens is 1. The highest BCUT2D eigenvalue weighted by Gasteiger charge is 2.08. The molecule has 1 amide bonds. The number of amides is 1. The van der Waals surface area contributed by atoms with Gasteiger partial charge in [0.2, 0.25) is 0 Å². The lowest BCUT2D eigenvalue weighted by atomic mass is 10.2. The number of ether oxygens (including phenoxy) is 2. The molecule has 1 aromatic carbocycles. The first kappa shape index (κ1) is 15.9. The minimum atomic E-state index is -0.683. The summed E-state index contributed by atoms with van der Waals surface area (Å²) in [5.74, 6) is 0.749. The summed E-state index contributed by atoms with van der Waals surface area (Å²) < 4.78 is 12.2. The van der Waals surface area contributed by atoms with Gasteiger partial charge < -0.3 is 19.8 Å². The van der Waals surface area contributed by atoms with Gasteiger partial charge in [-0.05, 0) is 30.3 Å². The minimum absolute atomic E-state index is 0.00947. The number of benzene rings is 1. The molecule has 0 saturated carbocycles. The fourth-order valence-electron chi connectivity index (χ4n) is 1.91. The van der Waals surface area contributed by atoms with Crippen molar-refractivity contribution in [1.29, 1.82) is 5.41 Å². The van der Waals surface area contributed by atoms with Crippen LogP contribution in [0.15, 0.2) is 36.5 Å². The Hall–Kier alpha value is -2.47. The van der Waals surface area contributed by atoms with E-state index in [1.807, 2.05) is 0 Å². The number of carbonyl (C=O) groups excluding carboxylic acids is 1. The van der Waals surface area contributed by atoms with Crippen LogP contribution in [0, 0.1) is 5.41 Å². The molecule has 0 radical (unpaired) electrons. The third-order valence-corrected chi connectivity index (χ3v) is 3.24. The van der Waals surface area contributed by atoms with Gasteiger partial charge in [-0.2, -0.15) is 0 Å². The third-order valence-electron chi connectivity index (χ3n) is 3.03. The zero-order valence-electron chi connectivity index (χ0n) is 12.0. The van der Waals surface area contributed by atoms with E-state index >= 15 is 0 Å². The van der Waals surface area contributed by atoms with Crippen LogP contribution in [-0.2, 0) is 6.54 Å². The van der Waals surface area contributed by atoms with Crippen LogP contribution in [0.5, 0.6) is 11.5 Å². The summed E-state index contributed by atoms with van der Waals surface area (Å²) in [4.78, 5) is 11.3. The molecular weight excluding hydrogens is 306 g/mol. The topological polar surface area (TPSA) is 90.3 Å². The average molecular weight is 322 g/mol. The molecule has 22 heavy (non-hydrogen) atoms. The molecule has 1 aromatic heterocycles. The van der Waals surface area contributed by atoms with Crippen LogP contribution in [-0.4, -0.2) is 24.2 Å².